The number of benzene rings is 2. The fourth-order valence-corrected chi connectivity index (χ4v) is 14.9. The Labute approximate surface area is 369 Å². The number of amides is 2. The van der Waals surface area contributed by atoms with Crippen molar-refractivity contribution < 1.29 is 68.5 Å². The van der Waals surface area contributed by atoms with Crippen molar-refractivity contribution >= 4 is 29.7 Å². The number of carbonyl (C=O) groups excluding carboxylic acids is 5. The minimum atomic E-state index is -2.19. The number of nitrogens with one attached hydrogen (secondary N) is 2. The number of ether oxygens (including phenoxy) is 4. The highest BCUT2D eigenvalue weighted by Gasteiger charge is 2.84. The van der Waals surface area contributed by atoms with Crippen LogP contribution in [0.15, 0.2) is 60.4 Å². The quantitative estimate of drug-likeness (QED) is 0.119. The van der Waals surface area contributed by atoms with Gasteiger partial charge in [0.2, 0.25) is 5.91 Å². The number of carbonyl (C=O) groups is 5. The molecule has 19 atom stereocenters. The third-order valence-electron chi connectivity index (χ3n) is 17.7. The fraction of sp³-hybridized carbons (Fsp3) is 0.604. The van der Waals surface area contributed by atoms with Crippen LogP contribution in [-0.4, -0.2) is 123 Å². The van der Waals surface area contributed by atoms with Crippen LogP contribution in [0.3, 0.4) is 0 Å². The summed E-state index contributed by atoms with van der Waals surface area (Å²) in [6.07, 6.45) is -7.86. The molecule has 16 nitrogen and oxygen atoms in total. The van der Waals surface area contributed by atoms with E-state index in [0.29, 0.717) is 0 Å². The van der Waals surface area contributed by atoms with Gasteiger partial charge in [0.15, 0.2) is 5.60 Å². The number of aliphatic hydroxyl groups excluding tert-OH is 4. The number of fused-ring (bicyclic) bond motifs is 13. The summed E-state index contributed by atoms with van der Waals surface area (Å²) in [5.41, 5.74) is -3.02. The molecule has 0 spiro atoms. The zero-order valence-electron chi connectivity index (χ0n) is 36.5. The van der Waals surface area contributed by atoms with Gasteiger partial charge in [0.1, 0.15) is 43.0 Å². The summed E-state index contributed by atoms with van der Waals surface area (Å²) in [7, 11) is 0. The smallest absolute Gasteiger partial charge is 0.407 e. The number of rotatable bonds is 7. The van der Waals surface area contributed by atoms with Crippen molar-refractivity contribution in [3.05, 3.63) is 71.5 Å². The van der Waals surface area contributed by atoms with Crippen LogP contribution in [-0.2, 0) is 38.1 Å². The molecule has 2 aromatic carbocycles. The highest BCUT2D eigenvalue weighted by atomic mass is 16.6. The largest absolute Gasteiger partial charge is 0.459 e. The molecule has 342 valence electrons. The van der Waals surface area contributed by atoms with E-state index in [1.807, 2.05) is 48.5 Å². The molecule has 64 heavy (non-hydrogen) atoms. The Kier molecular flexibility index (Phi) is 9.72. The highest BCUT2D eigenvalue weighted by Crippen LogP contribution is 2.75. The van der Waals surface area contributed by atoms with Gasteiger partial charge in [0, 0.05) is 41.9 Å². The van der Waals surface area contributed by atoms with Gasteiger partial charge < -0.3 is 55.1 Å². The Morgan fingerprint density at radius 2 is 1.50 bits per heavy atom. The van der Waals surface area contributed by atoms with Crippen LogP contribution in [0.2, 0.25) is 0 Å². The Balaban J connectivity index is 0.986. The van der Waals surface area contributed by atoms with Crippen LogP contribution < -0.4 is 10.6 Å². The molecule has 2 aliphatic heterocycles. The first kappa shape index (κ1) is 43.2. The van der Waals surface area contributed by atoms with E-state index >= 15 is 0 Å². The molecule has 6 fully saturated rings. The molecule has 2 saturated heterocycles. The van der Waals surface area contributed by atoms with Gasteiger partial charge in [-0.2, -0.15) is 0 Å². The van der Waals surface area contributed by atoms with Crippen molar-refractivity contribution in [2.45, 2.75) is 108 Å². The lowest BCUT2D eigenvalue weighted by atomic mass is 9.39. The number of hydrogen-bond acceptors (Lipinski definition) is 14. The zero-order chi connectivity index (χ0) is 45.7. The van der Waals surface area contributed by atoms with Crippen LogP contribution in [0, 0.1) is 57.7 Å². The summed E-state index contributed by atoms with van der Waals surface area (Å²) in [6, 6.07) is 14.6. The van der Waals surface area contributed by atoms with Gasteiger partial charge in [-0.15, -0.1) is 0 Å². The first-order chi connectivity index (χ1) is 30.2. The van der Waals surface area contributed by atoms with Crippen LogP contribution in [0.25, 0.3) is 11.1 Å². The molecule has 2 amide bonds. The lowest BCUT2D eigenvalue weighted by Crippen LogP contribution is -2.77. The van der Waals surface area contributed by atoms with Crippen LogP contribution in [0.5, 0.6) is 0 Å². The SMILES string of the molecule is CC(=O)O[C@H]1[C@H]2[C@@H]([C@@H](O)[C@@H](NC(=O)CNC(=O)OCC3c4ccccc4-c4ccccc43)[C@H]3C[C@@H]4O[C@@H]4[C@H](O)[C@]23C)[C@@H]2[C@@H](O)[C@@H]3[C@H]([C@H](C)C=C4OC(=O)[C@@](C)(O)[C@@]43C)[C@@]2(C(C)=O)[C@H]1O. The Hall–Kier alpha value is -4.71. The number of epoxide rings is 1. The number of ketones is 1. The minimum Gasteiger partial charge on any atom is -0.459 e. The monoisotopic (exact) mass is 884 g/mol. The van der Waals surface area contributed by atoms with Crippen LogP contribution >= 0.6 is 0 Å². The predicted molar refractivity (Wildman–Crippen MR) is 222 cm³/mol. The lowest BCUT2D eigenvalue weighted by Gasteiger charge is -2.67. The molecule has 2 heterocycles. The van der Waals surface area contributed by atoms with E-state index in [4.69, 9.17) is 18.9 Å². The van der Waals surface area contributed by atoms with Gasteiger partial charge in [-0.1, -0.05) is 62.4 Å². The zero-order valence-corrected chi connectivity index (χ0v) is 36.5. The maximum Gasteiger partial charge on any atom is 0.407 e. The molecule has 10 rings (SSSR count). The van der Waals surface area contributed by atoms with E-state index in [-0.39, 0.29) is 24.7 Å². The molecular formula is C48H56N2O14. The molecule has 7 N–H and O–H groups in total. The first-order valence-corrected chi connectivity index (χ1v) is 22.3. The summed E-state index contributed by atoms with van der Waals surface area (Å²) >= 11 is 0. The Bertz CT molecular complexity index is 2340. The second-order valence-corrected chi connectivity index (χ2v) is 20.3. The molecule has 0 bridgehead atoms. The molecular weight excluding hydrogens is 829 g/mol. The normalized spacial score (nSPS) is 45.3. The summed E-state index contributed by atoms with van der Waals surface area (Å²) in [4.78, 5) is 68.3. The molecule has 8 aliphatic rings. The summed E-state index contributed by atoms with van der Waals surface area (Å²) < 4.78 is 23.3. The van der Waals surface area contributed by atoms with Gasteiger partial charge in [-0.3, -0.25) is 14.4 Å². The molecule has 2 aromatic rings. The highest BCUT2D eigenvalue weighted by molar-refractivity contribution is 5.88. The molecule has 4 saturated carbocycles. The topological polar surface area (TPSA) is 251 Å². The van der Waals surface area contributed by atoms with E-state index < -0.39 is 148 Å². The van der Waals surface area contributed by atoms with Crippen LogP contribution in [0.4, 0.5) is 4.79 Å². The van der Waals surface area contributed by atoms with Gasteiger partial charge >= 0.3 is 18.0 Å². The number of aliphatic hydroxyl groups is 5. The van der Waals surface area contributed by atoms with Crippen molar-refractivity contribution in [3.63, 3.8) is 0 Å². The maximum atomic E-state index is 14.7. The summed E-state index contributed by atoms with van der Waals surface area (Å²) in [5.74, 6) is -10.4. The van der Waals surface area contributed by atoms with Gasteiger partial charge in [-0.05, 0) is 73.3 Å². The maximum absolute atomic E-state index is 14.7. The second-order valence-electron chi connectivity index (χ2n) is 20.3. The van der Waals surface area contributed by atoms with Crippen molar-refractivity contribution in [3.8, 4) is 11.1 Å². The Morgan fingerprint density at radius 3 is 2.12 bits per heavy atom. The van der Waals surface area contributed by atoms with E-state index in [9.17, 15) is 49.5 Å². The van der Waals surface area contributed by atoms with Crippen molar-refractivity contribution in [1.82, 2.24) is 10.6 Å². The van der Waals surface area contributed by atoms with Crippen molar-refractivity contribution in [2.24, 2.45) is 57.7 Å². The fourth-order valence-electron chi connectivity index (χ4n) is 14.9. The summed E-state index contributed by atoms with van der Waals surface area (Å²) in [5, 5.41) is 68.5. The van der Waals surface area contributed by atoms with Crippen molar-refractivity contribution in [1.29, 1.82) is 0 Å². The first-order valence-electron chi connectivity index (χ1n) is 22.3. The molecule has 6 aliphatic carbocycles. The van der Waals surface area contributed by atoms with E-state index in [1.54, 1.807) is 26.8 Å². The van der Waals surface area contributed by atoms with Gasteiger partial charge in [0.05, 0.1) is 41.3 Å². The lowest BCUT2D eigenvalue weighted by molar-refractivity contribution is -0.278. The number of hydrogen-bond donors (Lipinski definition) is 7. The van der Waals surface area contributed by atoms with E-state index in [1.165, 1.54) is 13.8 Å². The minimum absolute atomic E-state index is 0.0100. The second kappa shape index (κ2) is 14.4. The Morgan fingerprint density at radius 1 is 0.859 bits per heavy atom. The molecule has 0 radical (unpaired) electrons. The summed E-state index contributed by atoms with van der Waals surface area (Å²) in [6.45, 7) is 8.22. The van der Waals surface area contributed by atoms with Crippen molar-refractivity contribution in [2.75, 3.05) is 13.2 Å². The van der Waals surface area contributed by atoms with Crippen LogP contribution in [0.1, 0.15) is 65.0 Å². The van der Waals surface area contributed by atoms with Gasteiger partial charge in [0.25, 0.3) is 0 Å². The average Bonchev–Trinajstić information content (AvgIpc) is 3.83. The van der Waals surface area contributed by atoms with E-state index in [2.05, 4.69) is 10.6 Å². The van der Waals surface area contributed by atoms with Gasteiger partial charge in [-0.25, -0.2) is 9.59 Å². The average molecular weight is 885 g/mol. The number of esters is 2. The molecule has 0 unspecified atom stereocenters. The number of Topliss-reactive ketones (excluding diaryl/α,β-unsaturated/α-hetero) is 1. The molecule has 16 heteroatoms. The van der Waals surface area contributed by atoms with E-state index in [0.717, 1.165) is 29.2 Å². The predicted octanol–water partition coefficient (Wildman–Crippen LogP) is 1.72. The number of allylic oxidation sites excluding steroid dienone is 1. The third-order valence-corrected chi connectivity index (χ3v) is 17.7. The third kappa shape index (κ3) is 5.46. The molecule has 0 aromatic heterocycles. The standard InChI is InChI=1S/C48H56N2O14/c1-19-15-29-46(5,47(6,60)43(58)64-29)35-32(19)48(20(2)51)33(38(35)55)31-34(40(42(48)57)62-21(3)52)45(4)27(16-28-39(63-28)41(45)56)36(37(31)54)50-30(53)17-49-44(59)61-18-26-24-13-9-7-11-22(24)23-12-8-10-14-25(23)26/h7-15,19,26-28,31-42,54-57,60H,16-18H2,1-6H3,(H,49,59)(H,50,53)/t19-,27-,28+,31+,32+,33-,34-,35+,36+,37-,38-,39+,40+,41+,42+,45+,46+,47-,48-/m1/s1. The number of alkyl carbamates (subject to hydrolysis) is 1.